The Kier molecular flexibility index (Phi) is 7.51. The molecular formula is C17H26N4O5. The lowest BCUT2D eigenvalue weighted by atomic mass is 10.2. The van der Waals surface area contributed by atoms with Crippen LogP contribution in [0.1, 0.15) is 34.6 Å². The lowest BCUT2D eigenvalue weighted by Gasteiger charge is -2.23. The van der Waals surface area contributed by atoms with Gasteiger partial charge >= 0.3 is 6.09 Å². The SMILES string of the molecule is C[C@H](NC[C@H](C)NC(=O)OC(C)(C)C)C(=O)Nc1ccc([N+](=O)[O-])cc1. The number of carbonyl (C=O) groups is 2. The summed E-state index contributed by atoms with van der Waals surface area (Å²) >= 11 is 0. The molecule has 1 rings (SSSR count). The molecule has 2 amide bonds. The van der Waals surface area contributed by atoms with E-state index in [2.05, 4.69) is 16.0 Å². The normalized spacial score (nSPS) is 13.4. The summed E-state index contributed by atoms with van der Waals surface area (Å²) in [6.07, 6.45) is -0.519. The largest absolute Gasteiger partial charge is 0.444 e. The fraction of sp³-hybridized carbons (Fsp3) is 0.529. The molecule has 9 heteroatoms. The Balaban J connectivity index is 2.42. The van der Waals surface area contributed by atoms with Gasteiger partial charge in [-0.25, -0.2) is 4.79 Å². The number of ether oxygens (including phenoxy) is 1. The van der Waals surface area contributed by atoms with Crippen LogP contribution in [0, 0.1) is 10.1 Å². The lowest BCUT2D eigenvalue weighted by molar-refractivity contribution is -0.384. The molecule has 0 aliphatic heterocycles. The van der Waals surface area contributed by atoms with Gasteiger partial charge in [0.1, 0.15) is 5.60 Å². The summed E-state index contributed by atoms with van der Waals surface area (Å²) < 4.78 is 5.16. The van der Waals surface area contributed by atoms with Gasteiger partial charge in [-0.2, -0.15) is 0 Å². The van der Waals surface area contributed by atoms with Crippen LogP contribution in [0.2, 0.25) is 0 Å². The molecule has 0 radical (unpaired) electrons. The van der Waals surface area contributed by atoms with Crippen LogP contribution in [0.15, 0.2) is 24.3 Å². The Labute approximate surface area is 152 Å². The first-order chi connectivity index (χ1) is 12.0. The van der Waals surface area contributed by atoms with E-state index in [4.69, 9.17) is 4.74 Å². The van der Waals surface area contributed by atoms with E-state index in [1.807, 2.05) is 0 Å². The summed E-state index contributed by atoms with van der Waals surface area (Å²) in [7, 11) is 0. The lowest BCUT2D eigenvalue weighted by Crippen LogP contribution is -2.47. The number of anilines is 1. The van der Waals surface area contributed by atoms with Gasteiger partial charge in [0.25, 0.3) is 5.69 Å². The number of nitro groups is 1. The fourth-order valence-electron chi connectivity index (χ4n) is 1.92. The van der Waals surface area contributed by atoms with Crippen LogP contribution in [0.25, 0.3) is 0 Å². The van der Waals surface area contributed by atoms with Crippen LogP contribution in [0.3, 0.4) is 0 Å². The molecule has 0 saturated carbocycles. The number of alkyl carbamates (subject to hydrolysis) is 1. The Morgan fingerprint density at radius 1 is 1.19 bits per heavy atom. The number of benzene rings is 1. The van der Waals surface area contributed by atoms with Gasteiger partial charge in [-0.15, -0.1) is 0 Å². The first kappa shape index (κ1) is 21.4. The van der Waals surface area contributed by atoms with Crippen LogP contribution in [-0.2, 0) is 9.53 Å². The van der Waals surface area contributed by atoms with Gasteiger partial charge in [-0.05, 0) is 46.8 Å². The van der Waals surface area contributed by atoms with Gasteiger partial charge in [0.2, 0.25) is 5.91 Å². The molecule has 3 N–H and O–H groups in total. The molecule has 1 aromatic carbocycles. The van der Waals surface area contributed by atoms with Crippen LogP contribution in [-0.4, -0.2) is 41.2 Å². The van der Waals surface area contributed by atoms with Gasteiger partial charge in [0.15, 0.2) is 0 Å². The van der Waals surface area contributed by atoms with E-state index >= 15 is 0 Å². The Hall–Kier alpha value is -2.68. The van der Waals surface area contributed by atoms with Crippen molar-refractivity contribution in [3.8, 4) is 0 Å². The third-order valence-corrected chi connectivity index (χ3v) is 3.23. The van der Waals surface area contributed by atoms with E-state index in [1.165, 1.54) is 24.3 Å². The highest BCUT2D eigenvalue weighted by Gasteiger charge is 2.19. The van der Waals surface area contributed by atoms with E-state index < -0.39 is 22.7 Å². The summed E-state index contributed by atoms with van der Waals surface area (Å²) in [6.45, 7) is 9.17. The van der Waals surface area contributed by atoms with Crippen molar-refractivity contribution >= 4 is 23.4 Å². The number of non-ortho nitro benzene ring substituents is 1. The quantitative estimate of drug-likeness (QED) is 0.503. The van der Waals surface area contributed by atoms with Crippen LogP contribution in [0.5, 0.6) is 0 Å². The number of nitrogens with zero attached hydrogens (tertiary/aromatic N) is 1. The molecule has 0 heterocycles. The van der Waals surface area contributed by atoms with Crippen LogP contribution >= 0.6 is 0 Å². The molecule has 0 spiro atoms. The first-order valence-corrected chi connectivity index (χ1v) is 8.26. The summed E-state index contributed by atoms with van der Waals surface area (Å²) in [6, 6.07) is 4.82. The maximum atomic E-state index is 12.1. The van der Waals surface area contributed by atoms with Crippen molar-refractivity contribution in [2.45, 2.75) is 52.3 Å². The second-order valence-corrected chi connectivity index (χ2v) is 6.97. The highest BCUT2D eigenvalue weighted by atomic mass is 16.6. The minimum atomic E-state index is -0.574. The summed E-state index contributed by atoms with van der Waals surface area (Å²) in [4.78, 5) is 33.9. The van der Waals surface area contributed by atoms with Gasteiger partial charge in [0, 0.05) is 30.4 Å². The molecule has 0 aliphatic rings. The predicted molar refractivity (Wildman–Crippen MR) is 98.0 cm³/mol. The maximum absolute atomic E-state index is 12.1. The van der Waals surface area contributed by atoms with E-state index in [0.717, 1.165) is 0 Å². The van der Waals surface area contributed by atoms with Gasteiger partial charge in [-0.3, -0.25) is 14.9 Å². The van der Waals surface area contributed by atoms with Gasteiger partial charge in [0.05, 0.1) is 11.0 Å². The topological polar surface area (TPSA) is 123 Å². The molecule has 2 atom stereocenters. The number of amides is 2. The molecule has 0 bridgehead atoms. The molecule has 26 heavy (non-hydrogen) atoms. The van der Waals surface area contributed by atoms with E-state index in [9.17, 15) is 19.7 Å². The first-order valence-electron chi connectivity index (χ1n) is 8.26. The smallest absolute Gasteiger partial charge is 0.407 e. The van der Waals surface area contributed by atoms with E-state index in [-0.39, 0.29) is 17.6 Å². The highest BCUT2D eigenvalue weighted by molar-refractivity contribution is 5.94. The number of carbonyl (C=O) groups excluding carboxylic acids is 2. The zero-order valence-electron chi connectivity index (χ0n) is 15.7. The van der Waals surface area contributed by atoms with Crippen molar-refractivity contribution < 1.29 is 19.2 Å². The molecule has 0 aromatic heterocycles. The third-order valence-electron chi connectivity index (χ3n) is 3.23. The third kappa shape index (κ3) is 7.93. The molecule has 0 fully saturated rings. The molecule has 0 saturated heterocycles. The Bertz CT molecular complexity index is 640. The van der Waals surface area contributed by atoms with Gasteiger partial charge < -0.3 is 20.7 Å². The molecule has 9 nitrogen and oxygen atoms in total. The minimum Gasteiger partial charge on any atom is -0.444 e. The Morgan fingerprint density at radius 3 is 2.27 bits per heavy atom. The van der Waals surface area contributed by atoms with E-state index in [0.29, 0.717) is 12.2 Å². The van der Waals surface area contributed by atoms with Crippen molar-refractivity contribution in [1.82, 2.24) is 10.6 Å². The highest BCUT2D eigenvalue weighted by Crippen LogP contribution is 2.15. The summed E-state index contributed by atoms with van der Waals surface area (Å²) in [5.41, 5.74) is -0.153. The molecule has 0 unspecified atom stereocenters. The monoisotopic (exact) mass is 366 g/mol. The molecule has 0 aliphatic carbocycles. The number of nitrogens with one attached hydrogen (secondary N) is 3. The summed E-state index contributed by atoms with van der Waals surface area (Å²) in [5.74, 6) is -0.289. The average molecular weight is 366 g/mol. The van der Waals surface area contributed by atoms with E-state index in [1.54, 1.807) is 34.6 Å². The molecule has 1 aromatic rings. The standard InChI is InChI=1S/C17H26N4O5/c1-11(19-16(23)26-17(3,4)5)10-18-12(2)15(22)20-13-6-8-14(9-7-13)21(24)25/h6-9,11-12,18H,10H2,1-5H3,(H,19,23)(H,20,22)/t11-,12-/m0/s1. The number of hydrogen-bond donors (Lipinski definition) is 3. The number of hydrogen-bond acceptors (Lipinski definition) is 6. The second-order valence-electron chi connectivity index (χ2n) is 6.97. The maximum Gasteiger partial charge on any atom is 0.407 e. The average Bonchev–Trinajstić information content (AvgIpc) is 2.51. The Morgan fingerprint density at radius 2 is 1.77 bits per heavy atom. The van der Waals surface area contributed by atoms with Crippen LogP contribution < -0.4 is 16.0 Å². The molecular weight excluding hydrogens is 340 g/mol. The minimum absolute atomic E-state index is 0.0452. The van der Waals surface area contributed by atoms with Crippen molar-refractivity contribution in [3.05, 3.63) is 34.4 Å². The van der Waals surface area contributed by atoms with Crippen molar-refractivity contribution in [3.63, 3.8) is 0 Å². The zero-order valence-corrected chi connectivity index (χ0v) is 15.7. The van der Waals surface area contributed by atoms with Gasteiger partial charge in [-0.1, -0.05) is 0 Å². The van der Waals surface area contributed by atoms with Crippen molar-refractivity contribution in [2.75, 3.05) is 11.9 Å². The van der Waals surface area contributed by atoms with Crippen LogP contribution in [0.4, 0.5) is 16.2 Å². The van der Waals surface area contributed by atoms with Crippen molar-refractivity contribution in [1.29, 1.82) is 0 Å². The second kappa shape index (κ2) is 9.14. The number of rotatable bonds is 7. The molecule has 144 valence electrons. The predicted octanol–water partition coefficient (Wildman–Crippen LogP) is 2.42. The summed E-state index contributed by atoms with van der Waals surface area (Å²) in [5, 5.41) is 19.0. The fourth-order valence-corrected chi connectivity index (χ4v) is 1.92. The number of nitro benzene ring substituents is 1. The zero-order chi connectivity index (χ0) is 19.9. The van der Waals surface area contributed by atoms with Crippen molar-refractivity contribution in [2.24, 2.45) is 0 Å².